The molecule has 1 aliphatic rings. The van der Waals surface area contributed by atoms with Gasteiger partial charge in [-0.15, -0.1) is 0 Å². The molecule has 1 atom stereocenters. The second kappa shape index (κ2) is 7.42. The minimum Gasteiger partial charge on any atom is -0.306 e. The topological polar surface area (TPSA) is 29.9 Å². The molecular formula is C21H22ClN3. The van der Waals surface area contributed by atoms with Gasteiger partial charge in [0, 0.05) is 28.9 Å². The zero-order valence-corrected chi connectivity index (χ0v) is 14.9. The first-order chi connectivity index (χ1) is 12.3. The Kier molecular flexibility index (Phi) is 4.86. The van der Waals surface area contributed by atoms with Crippen LogP contribution in [0.25, 0.3) is 0 Å². The van der Waals surface area contributed by atoms with Crippen molar-refractivity contribution in [2.45, 2.75) is 38.4 Å². The Morgan fingerprint density at radius 3 is 2.76 bits per heavy atom. The van der Waals surface area contributed by atoms with Crippen LogP contribution in [0, 0.1) is 0 Å². The van der Waals surface area contributed by atoms with Gasteiger partial charge < -0.3 is 5.32 Å². The van der Waals surface area contributed by atoms with E-state index in [1.54, 1.807) is 0 Å². The molecule has 25 heavy (non-hydrogen) atoms. The zero-order valence-electron chi connectivity index (χ0n) is 14.2. The van der Waals surface area contributed by atoms with Gasteiger partial charge in [0.1, 0.15) is 0 Å². The Hall–Kier alpha value is -2.10. The lowest BCUT2D eigenvalue weighted by Crippen LogP contribution is -2.25. The van der Waals surface area contributed by atoms with Gasteiger partial charge in [-0.25, -0.2) is 0 Å². The minimum atomic E-state index is 0.368. The van der Waals surface area contributed by atoms with E-state index in [4.69, 9.17) is 11.6 Å². The summed E-state index contributed by atoms with van der Waals surface area (Å²) in [5.74, 6) is 0. The van der Waals surface area contributed by atoms with Crippen molar-refractivity contribution >= 4 is 11.6 Å². The number of benzene rings is 2. The van der Waals surface area contributed by atoms with Gasteiger partial charge in [-0.1, -0.05) is 54.1 Å². The van der Waals surface area contributed by atoms with E-state index >= 15 is 0 Å². The molecule has 0 spiro atoms. The number of hydrogen-bond acceptors (Lipinski definition) is 2. The summed E-state index contributed by atoms with van der Waals surface area (Å²) in [6.45, 7) is 1.67. The maximum absolute atomic E-state index is 6.09. The standard InChI is InChI=1S/C21H22ClN3/c22-18-9-4-8-17(12-18)13-23-20-10-5-11-21-19(20)14-24-25(21)15-16-6-2-1-3-7-16/h1-4,6-9,12,14,20,23H,5,10-11,13,15H2/t20-/m0/s1. The van der Waals surface area contributed by atoms with Crippen LogP contribution in [0.2, 0.25) is 5.02 Å². The van der Waals surface area contributed by atoms with Crippen LogP contribution in [0.1, 0.15) is 41.3 Å². The Morgan fingerprint density at radius 1 is 1.08 bits per heavy atom. The third kappa shape index (κ3) is 3.78. The molecule has 128 valence electrons. The molecule has 0 bridgehead atoms. The molecule has 3 aromatic rings. The van der Waals surface area contributed by atoms with Crippen LogP contribution in [0.3, 0.4) is 0 Å². The molecule has 1 aliphatic carbocycles. The van der Waals surface area contributed by atoms with Gasteiger partial charge in [0.05, 0.1) is 12.7 Å². The van der Waals surface area contributed by atoms with Gasteiger partial charge in [-0.2, -0.15) is 5.10 Å². The summed E-state index contributed by atoms with van der Waals surface area (Å²) in [4.78, 5) is 0. The molecule has 4 heteroatoms. The minimum absolute atomic E-state index is 0.368. The van der Waals surface area contributed by atoms with E-state index in [-0.39, 0.29) is 0 Å². The summed E-state index contributed by atoms with van der Waals surface area (Å²) in [5.41, 5.74) is 5.24. The molecule has 0 saturated carbocycles. The molecule has 0 unspecified atom stereocenters. The summed E-state index contributed by atoms with van der Waals surface area (Å²) < 4.78 is 2.16. The smallest absolute Gasteiger partial charge is 0.0662 e. The molecule has 0 radical (unpaired) electrons. The van der Waals surface area contributed by atoms with Gasteiger partial charge in [0.2, 0.25) is 0 Å². The van der Waals surface area contributed by atoms with E-state index < -0.39 is 0 Å². The van der Waals surface area contributed by atoms with Gasteiger partial charge in [0.25, 0.3) is 0 Å². The molecule has 1 aromatic heterocycles. The van der Waals surface area contributed by atoms with Crippen LogP contribution in [-0.2, 0) is 19.5 Å². The van der Waals surface area contributed by atoms with Crippen LogP contribution in [0.5, 0.6) is 0 Å². The summed E-state index contributed by atoms with van der Waals surface area (Å²) >= 11 is 6.09. The number of aromatic nitrogens is 2. The van der Waals surface area contributed by atoms with E-state index in [1.165, 1.54) is 28.8 Å². The van der Waals surface area contributed by atoms with E-state index in [0.29, 0.717) is 6.04 Å². The van der Waals surface area contributed by atoms with Crippen LogP contribution in [0.4, 0.5) is 0 Å². The van der Waals surface area contributed by atoms with E-state index in [1.807, 2.05) is 24.4 Å². The van der Waals surface area contributed by atoms with Crippen molar-refractivity contribution in [2.75, 3.05) is 0 Å². The fraction of sp³-hybridized carbons (Fsp3) is 0.286. The third-order valence-electron chi connectivity index (χ3n) is 4.88. The molecule has 2 aromatic carbocycles. The first-order valence-electron chi connectivity index (χ1n) is 8.86. The highest BCUT2D eigenvalue weighted by Gasteiger charge is 2.23. The summed E-state index contributed by atoms with van der Waals surface area (Å²) in [7, 11) is 0. The Morgan fingerprint density at radius 2 is 1.92 bits per heavy atom. The van der Waals surface area contributed by atoms with Crippen molar-refractivity contribution in [3.63, 3.8) is 0 Å². The van der Waals surface area contributed by atoms with Crippen molar-refractivity contribution in [1.29, 1.82) is 0 Å². The number of rotatable bonds is 5. The average molecular weight is 352 g/mol. The molecular weight excluding hydrogens is 330 g/mol. The lowest BCUT2D eigenvalue weighted by atomic mass is 9.92. The van der Waals surface area contributed by atoms with Crippen LogP contribution >= 0.6 is 11.6 Å². The second-order valence-electron chi connectivity index (χ2n) is 6.65. The molecule has 0 fully saturated rings. The monoisotopic (exact) mass is 351 g/mol. The fourth-order valence-electron chi connectivity index (χ4n) is 3.61. The van der Waals surface area contributed by atoms with Gasteiger partial charge in [-0.3, -0.25) is 4.68 Å². The van der Waals surface area contributed by atoms with Crippen molar-refractivity contribution in [3.8, 4) is 0 Å². The second-order valence-corrected chi connectivity index (χ2v) is 7.08. The van der Waals surface area contributed by atoms with E-state index in [0.717, 1.165) is 31.0 Å². The fourth-order valence-corrected chi connectivity index (χ4v) is 3.82. The van der Waals surface area contributed by atoms with Crippen molar-refractivity contribution < 1.29 is 0 Å². The highest BCUT2D eigenvalue weighted by molar-refractivity contribution is 6.30. The number of nitrogens with one attached hydrogen (secondary N) is 1. The van der Waals surface area contributed by atoms with Gasteiger partial charge >= 0.3 is 0 Å². The van der Waals surface area contributed by atoms with Gasteiger partial charge in [-0.05, 0) is 42.5 Å². The highest BCUT2D eigenvalue weighted by atomic mass is 35.5. The largest absolute Gasteiger partial charge is 0.306 e. The third-order valence-corrected chi connectivity index (χ3v) is 5.11. The van der Waals surface area contributed by atoms with Gasteiger partial charge in [0.15, 0.2) is 0 Å². The number of hydrogen-bond donors (Lipinski definition) is 1. The first-order valence-corrected chi connectivity index (χ1v) is 9.24. The Labute approximate surface area is 153 Å². The lowest BCUT2D eigenvalue weighted by molar-refractivity contribution is 0.449. The summed E-state index contributed by atoms with van der Waals surface area (Å²) in [6, 6.07) is 19.0. The Balaban J connectivity index is 1.49. The van der Waals surface area contributed by atoms with Crippen molar-refractivity contribution in [1.82, 2.24) is 15.1 Å². The Bertz CT molecular complexity index is 841. The number of halogens is 1. The number of fused-ring (bicyclic) bond motifs is 1. The van der Waals surface area contributed by atoms with Crippen LogP contribution in [-0.4, -0.2) is 9.78 Å². The van der Waals surface area contributed by atoms with E-state index in [9.17, 15) is 0 Å². The highest BCUT2D eigenvalue weighted by Crippen LogP contribution is 2.30. The summed E-state index contributed by atoms with van der Waals surface area (Å²) in [5, 5.41) is 9.15. The van der Waals surface area contributed by atoms with Crippen LogP contribution < -0.4 is 5.32 Å². The molecule has 0 amide bonds. The van der Waals surface area contributed by atoms with Crippen LogP contribution in [0.15, 0.2) is 60.8 Å². The normalized spacial score (nSPS) is 16.6. The van der Waals surface area contributed by atoms with Crippen molar-refractivity contribution in [2.24, 2.45) is 0 Å². The zero-order chi connectivity index (χ0) is 17.1. The molecule has 0 aliphatic heterocycles. The lowest BCUT2D eigenvalue weighted by Gasteiger charge is -2.24. The molecule has 1 N–H and O–H groups in total. The maximum atomic E-state index is 6.09. The average Bonchev–Trinajstić information content (AvgIpc) is 3.04. The predicted molar refractivity (Wildman–Crippen MR) is 102 cm³/mol. The maximum Gasteiger partial charge on any atom is 0.0662 e. The first kappa shape index (κ1) is 16.4. The SMILES string of the molecule is Clc1cccc(CN[C@H]2CCCc3c2cnn3Cc2ccccc2)c1. The molecule has 4 rings (SSSR count). The molecule has 1 heterocycles. The summed E-state index contributed by atoms with van der Waals surface area (Å²) in [6.07, 6.45) is 5.51. The number of nitrogens with zero attached hydrogens (tertiary/aromatic N) is 2. The van der Waals surface area contributed by atoms with E-state index in [2.05, 4.69) is 51.5 Å². The van der Waals surface area contributed by atoms with Crippen molar-refractivity contribution in [3.05, 3.63) is 88.2 Å². The molecule has 0 saturated heterocycles. The quantitative estimate of drug-likeness (QED) is 0.718. The molecule has 3 nitrogen and oxygen atoms in total. The predicted octanol–water partition coefficient (Wildman–Crippen LogP) is 4.75.